The summed E-state index contributed by atoms with van der Waals surface area (Å²) in [5, 5.41) is 6.19. The van der Waals surface area contributed by atoms with Gasteiger partial charge in [0.2, 0.25) is 11.8 Å². The third-order valence-corrected chi connectivity index (χ3v) is 9.01. The first-order chi connectivity index (χ1) is 18.2. The fourth-order valence-corrected chi connectivity index (χ4v) is 6.57. The molecule has 2 aliphatic rings. The van der Waals surface area contributed by atoms with Crippen molar-refractivity contribution in [2.45, 2.75) is 12.8 Å². The second-order valence-electron chi connectivity index (χ2n) is 7.86. The van der Waals surface area contributed by atoms with Crippen molar-refractivity contribution in [2.75, 3.05) is 23.7 Å². The molecule has 0 saturated carbocycles. The first-order valence-corrected chi connectivity index (χ1v) is 14.3. The van der Waals surface area contributed by atoms with Crippen molar-refractivity contribution in [2.24, 2.45) is 0 Å². The number of rotatable bonds is 8. The quantitative estimate of drug-likeness (QED) is 0.302. The van der Waals surface area contributed by atoms with Crippen LogP contribution in [0.5, 0.6) is 0 Å². The van der Waals surface area contributed by atoms with E-state index in [4.69, 9.17) is 47.6 Å². The van der Waals surface area contributed by atoms with E-state index in [1.165, 1.54) is 9.80 Å². The average molecular weight is 626 g/mol. The number of carbonyl (C=O) groups excluding carboxylic acids is 4. The van der Waals surface area contributed by atoms with E-state index in [-0.39, 0.29) is 56.2 Å². The molecule has 4 amide bonds. The molecular formula is C24H18Cl2N4O4S4. The smallest absolute Gasteiger partial charge is 0.267 e. The summed E-state index contributed by atoms with van der Waals surface area (Å²) < 4.78 is 0.472. The zero-order chi connectivity index (χ0) is 27.4. The first kappa shape index (κ1) is 28.5. The molecule has 2 aromatic rings. The molecule has 8 nitrogen and oxygen atoms in total. The summed E-state index contributed by atoms with van der Waals surface area (Å²) in [5.74, 6) is -1.62. The Bertz CT molecular complexity index is 1300. The fourth-order valence-electron chi connectivity index (χ4n) is 3.43. The molecule has 196 valence electrons. The number of halogens is 2. The van der Waals surface area contributed by atoms with Crippen LogP contribution in [0.4, 0.5) is 11.4 Å². The van der Waals surface area contributed by atoms with Gasteiger partial charge in [0.1, 0.15) is 8.64 Å². The van der Waals surface area contributed by atoms with Gasteiger partial charge in [0, 0.05) is 25.9 Å². The molecule has 2 N–H and O–H groups in total. The van der Waals surface area contributed by atoms with Crippen LogP contribution < -0.4 is 10.6 Å². The molecule has 2 heterocycles. The number of hydrogen-bond donors (Lipinski definition) is 2. The van der Waals surface area contributed by atoms with E-state index in [0.29, 0.717) is 21.4 Å². The third-order valence-electron chi connectivity index (χ3n) is 5.33. The van der Waals surface area contributed by atoms with E-state index in [1.807, 2.05) is 0 Å². The molecule has 2 saturated heterocycles. The number of amides is 4. The molecule has 0 bridgehead atoms. The Balaban J connectivity index is 1.35. The molecule has 0 atom stereocenters. The third kappa shape index (κ3) is 6.56. The largest absolute Gasteiger partial charge is 0.325 e. The van der Waals surface area contributed by atoms with E-state index in [9.17, 15) is 19.2 Å². The highest BCUT2D eigenvalue weighted by atomic mass is 35.5. The van der Waals surface area contributed by atoms with Crippen molar-refractivity contribution in [3.05, 3.63) is 68.4 Å². The highest BCUT2D eigenvalue weighted by Crippen LogP contribution is 2.42. The van der Waals surface area contributed by atoms with Crippen LogP contribution >= 0.6 is 71.2 Å². The molecule has 38 heavy (non-hydrogen) atoms. The summed E-state index contributed by atoms with van der Waals surface area (Å²) >= 11 is 24.8. The lowest BCUT2D eigenvalue weighted by atomic mass is 10.3. The maximum atomic E-state index is 13.1. The summed E-state index contributed by atoms with van der Waals surface area (Å²) in [6.45, 7) is 0.0694. The lowest BCUT2D eigenvalue weighted by Crippen LogP contribution is -2.33. The summed E-state index contributed by atoms with van der Waals surface area (Å²) in [6.07, 6.45) is -0.0428. The van der Waals surface area contributed by atoms with Gasteiger partial charge >= 0.3 is 0 Å². The number of para-hydroxylation sites is 2. The number of anilines is 2. The molecule has 0 aromatic heterocycles. The Kier molecular flexibility index (Phi) is 9.45. The van der Waals surface area contributed by atoms with Gasteiger partial charge in [-0.05, 0) is 24.3 Å². The minimum absolute atomic E-state index is 0.0214. The molecule has 0 radical (unpaired) electrons. The number of nitrogens with zero attached hydrogens (tertiary/aromatic N) is 2. The standard InChI is InChI=1S/C24H18Cl2N4O4S4/c25-13-5-1-3-7-15(13)27-17(31)9-11-29-21(33)19(37-23(29)35)20-22(34)30(24(36)38-20)12-10-18(32)28-16-8-4-2-6-14(16)26/h1-8H,9-12H2,(H,27,31)(H,28,32). The van der Waals surface area contributed by atoms with Gasteiger partial charge in [-0.3, -0.25) is 29.0 Å². The lowest BCUT2D eigenvalue weighted by Gasteiger charge is -2.15. The maximum absolute atomic E-state index is 13.1. The molecule has 2 fully saturated rings. The van der Waals surface area contributed by atoms with Crippen LogP contribution in [0.1, 0.15) is 12.8 Å². The normalized spacial score (nSPS) is 17.4. The zero-order valence-corrected chi connectivity index (χ0v) is 24.1. The summed E-state index contributed by atoms with van der Waals surface area (Å²) in [4.78, 5) is 53.8. The van der Waals surface area contributed by atoms with Crippen molar-refractivity contribution in [3.63, 3.8) is 0 Å². The Labute approximate surface area is 247 Å². The molecule has 0 spiro atoms. The van der Waals surface area contributed by atoms with Crippen molar-refractivity contribution in [3.8, 4) is 0 Å². The first-order valence-electron chi connectivity index (χ1n) is 11.1. The van der Waals surface area contributed by atoms with Crippen LogP contribution in [0, 0.1) is 0 Å². The van der Waals surface area contributed by atoms with Gasteiger partial charge in [-0.15, -0.1) is 0 Å². The van der Waals surface area contributed by atoms with Crippen molar-refractivity contribution in [1.29, 1.82) is 0 Å². The van der Waals surface area contributed by atoms with E-state index in [0.717, 1.165) is 23.5 Å². The van der Waals surface area contributed by atoms with Crippen LogP contribution in [0.25, 0.3) is 0 Å². The van der Waals surface area contributed by atoms with Gasteiger partial charge in [-0.25, -0.2) is 0 Å². The van der Waals surface area contributed by atoms with Crippen LogP contribution in [-0.4, -0.2) is 55.2 Å². The topological polar surface area (TPSA) is 98.8 Å². The molecule has 14 heteroatoms. The van der Waals surface area contributed by atoms with Crippen molar-refractivity contribution >= 4 is 115 Å². The minimum Gasteiger partial charge on any atom is -0.325 e. The monoisotopic (exact) mass is 624 g/mol. The highest BCUT2D eigenvalue weighted by molar-refractivity contribution is 8.29. The average Bonchev–Trinajstić information content (AvgIpc) is 3.32. The van der Waals surface area contributed by atoms with Gasteiger partial charge in [0.25, 0.3) is 11.8 Å². The number of thiocarbonyl (C=S) groups is 2. The second kappa shape index (κ2) is 12.6. The number of benzene rings is 2. The van der Waals surface area contributed by atoms with Gasteiger partial charge in [0.05, 0.1) is 31.2 Å². The number of carbonyl (C=O) groups is 4. The van der Waals surface area contributed by atoms with Crippen LogP contribution in [0.15, 0.2) is 58.3 Å². The van der Waals surface area contributed by atoms with Gasteiger partial charge < -0.3 is 10.6 Å². The number of thioether (sulfide) groups is 2. The SMILES string of the molecule is O=C(CCN1C(=O)C(=C2SC(=S)N(CCC(=O)Nc3ccccc3Cl)C2=O)SC1=S)Nc1ccccc1Cl. The van der Waals surface area contributed by atoms with Gasteiger partial charge in [0.15, 0.2) is 0 Å². The molecular weight excluding hydrogens is 607 g/mol. The van der Waals surface area contributed by atoms with E-state index in [2.05, 4.69) is 10.6 Å². The van der Waals surface area contributed by atoms with E-state index >= 15 is 0 Å². The fraction of sp³-hybridized carbons (Fsp3) is 0.167. The summed E-state index contributed by atoms with van der Waals surface area (Å²) in [5.41, 5.74) is 0.933. The van der Waals surface area contributed by atoms with Gasteiger partial charge in [-0.1, -0.05) is 95.4 Å². The maximum Gasteiger partial charge on any atom is 0.267 e. The Morgan fingerprint density at radius 3 is 1.45 bits per heavy atom. The van der Waals surface area contributed by atoms with Crippen molar-refractivity contribution in [1.82, 2.24) is 9.80 Å². The van der Waals surface area contributed by atoms with Crippen LogP contribution in [0.2, 0.25) is 10.0 Å². The van der Waals surface area contributed by atoms with E-state index < -0.39 is 11.8 Å². The molecule has 2 aliphatic heterocycles. The van der Waals surface area contributed by atoms with Gasteiger partial charge in [-0.2, -0.15) is 0 Å². The Hall–Kier alpha value is -2.48. The molecule has 4 rings (SSSR count). The van der Waals surface area contributed by atoms with E-state index in [1.54, 1.807) is 48.5 Å². The Morgan fingerprint density at radius 1 is 0.711 bits per heavy atom. The molecule has 0 unspecified atom stereocenters. The molecule has 0 aliphatic carbocycles. The highest BCUT2D eigenvalue weighted by Gasteiger charge is 2.42. The van der Waals surface area contributed by atoms with Crippen LogP contribution in [0.3, 0.4) is 0 Å². The molecule has 2 aromatic carbocycles. The predicted molar refractivity (Wildman–Crippen MR) is 160 cm³/mol. The lowest BCUT2D eigenvalue weighted by molar-refractivity contribution is -0.125. The summed E-state index contributed by atoms with van der Waals surface area (Å²) in [6, 6.07) is 13.6. The number of hydrogen-bond acceptors (Lipinski definition) is 8. The second-order valence-corrected chi connectivity index (χ2v) is 12.0. The zero-order valence-electron chi connectivity index (χ0n) is 19.4. The Morgan fingerprint density at radius 2 is 1.08 bits per heavy atom. The summed E-state index contributed by atoms with van der Waals surface area (Å²) in [7, 11) is 0. The van der Waals surface area contributed by atoms with Crippen LogP contribution in [-0.2, 0) is 19.2 Å². The van der Waals surface area contributed by atoms with Crippen molar-refractivity contribution < 1.29 is 19.2 Å². The predicted octanol–water partition coefficient (Wildman–Crippen LogP) is 5.28. The minimum atomic E-state index is -0.470. The number of nitrogens with one attached hydrogen (secondary N) is 2.